The molecule has 0 radical (unpaired) electrons. The van der Waals surface area contributed by atoms with Crippen molar-refractivity contribution in [3.05, 3.63) is 53.0 Å². The second kappa shape index (κ2) is 7.88. The Hall–Kier alpha value is -2.39. The fraction of sp³-hybridized carbons (Fsp3) is 0.176. The van der Waals surface area contributed by atoms with E-state index in [1.165, 1.54) is 50.2 Å². The molecule has 9 heteroatoms. The van der Waals surface area contributed by atoms with Crippen LogP contribution in [0, 0.1) is 0 Å². The predicted octanol–water partition coefficient (Wildman–Crippen LogP) is 3.08. The molecule has 0 aliphatic heterocycles. The fourth-order valence-corrected chi connectivity index (χ4v) is 4.16. The van der Waals surface area contributed by atoms with Crippen molar-refractivity contribution in [3.63, 3.8) is 0 Å². The van der Waals surface area contributed by atoms with E-state index in [4.69, 9.17) is 0 Å². The standard InChI is InChI=1S/C17H17BrN2O5S/c1-11(17(22)23)20(15-7-3-13(18)4-8-15)26(24,25)16-9-5-14(6-10-16)19-12(2)21/h3-11H,1-2H3,(H,19,21)(H,22,23). The van der Waals surface area contributed by atoms with Crippen LogP contribution in [0.4, 0.5) is 11.4 Å². The van der Waals surface area contributed by atoms with Crippen molar-refractivity contribution < 1.29 is 23.1 Å². The zero-order valence-electron chi connectivity index (χ0n) is 14.0. The summed E-state index contributed by atoms with van der Waals surface area (Å²) < 4.78 is 27.7. The van der Waals surface area contributed by atoms with E-state index >= 15 is 0 Å². The number of carboxylic acid groups (broad SMARTS) is 1. The van der Waals surface area contributed by atoms with Crippen molar-refractivity contribution in [3.8, 4) is 0 Å². The SMILES string of the molecule is CC(=O)Nc1ccc(S(=O)(=O)N(c2ccc(Br)cc2)C(C)C(=O)O)cc1. The Balaban J connectivity index is 2.50. The molecular formula is C17H17BrN2O5S. The van der Waals surface area contributed by atoms with Gasteiger partial charge in [-0.3, -0.25) is 9.10 Å². The van der Waals surface area contributed by atoms with Crippen molar-refractivity contribution in [1.82, 2.24) is 0 Å². The largest absolute Gasteiger partial charge is 0.480 e. The lowest BCUT2D eigenvalue weighted by atomic mass is 10.2. The second-order valence-electron chi connectivity index (χ2n) is 5.50. The highest BCUT2D eigenvalue weighted by atomic mass is 79.9. The van der Waals surface area contributed by atoms with Gasteiger partial charge in [0.15, 0.2) is 0 Å². The van der Waals surface area contributed by atoms with E-state index in [1.54, 1.807) is 12.1 Å². The molecule has 138 valence electrons. The van der Waals surface area contributed by atoms with Crippen LogP contribution in [0.15, 0.2) is 57.9 Å². The molecule has 0 bridgehead atoms. The normalized spacial score (nSPS) is 12.3. The number of carbonyl (C=O) groups is 2. The van der Waals surface area contributed by atoms with Crippen molar-refractivity contribution in [1.29, 1.82) is 0 Å². The number of hydrogen-bond acceptors (Lipinski definition) is 4. The highest BCUT2D eigenvalue weighted by molar-refractivity contribution is 9.10. The smallest absolute Gasteiger partial charge is 0.327 e. The number of nitrogens with one attached hydrogen (secondary N) is 1. The van der Waals surface area contributed by atoms with Gasteiger partial charge in [-0.15, -0.1) is 0 Å². The van der Waals surface area contributed by atoms with Gasteiger partial charge in [-0.25, -0.2) is 13.2 Å². The molecule has 1 atom stereocenters. The number of hydrogen-bond donors (Lipinski definition) is 2. The van der Waals surface area contributed by atoms with Gasteiger partial charge < -0.3 is 10.4 Å². The molecule has 0 aromatic heterocycles. The molecular weight excluding hydrogens is 424 g/mol. The first-order chi connectivity index (χ1) is 12.1. The third kappa shape index (κ3) is 4.41. The van der Waals surface area contributed by atoms with Crippen molar-refractivity contribution in [2.45, 2.75) is 24.8 Å². The zero-order chi connectivity index (χ0) is 19.5. The molecule has 26 heavy (non-hydrogen) atoms. The van der Waals surface area contributed by atoms with Crippen LogP contribution in [0.2, 0.25) is 0 Å². The number of amides is 1. The Morgan fingerprint density at radius 3 is 2.08 bits per heavy atom. The van der Waals surface area contributed by atoms with Gasteiger partial charge >= 0.3 is 5.97 Å². The van der Waals surface area contributed by atoms with Crippen molar-refractivity contribution in [2.75, 3.05) is 9.62 Å². The minimum atomic E-state index is -4.13. The number of carboxylic acids is 1. The molecule has 2 aromatic rings. The minimum Gasteiger partial charge on any atom is -0.480 e. The number of anilines is 2. The molecule has 0 heterocycles. The van der Waals surface area contributed by atoms with Crippen LogP contribution in [0.1, 0.15) is 13.8 Å². The van der Waals surface area contributed by atoms with E-state index in [-0.39, 0.29) is 16.5 Å². The third-order valence-electron chi connectivity index (χ3n) is 3.52. The zero-order valence-corrected chi connectivity index (χ0v) is 16.4. The number of carbonyl (C=O) groups excluding carboxylic acids is 1. The number of sulfonamides is 1. The van der Waals surface area contributed by atoms with Crippen molar-refractivity contribution >= 4 is 49.2 Å². The molecule has 1 amide bonds. The summed E-state index contributed by atoms with van der Waals surface area (Å²) in [7, 11) is -4.13. The molecule has 0 aliphatic rings. The van der Waals surface area contributed by atoms with Gasteiger partial charge in [0, 0.05) is 17.1 Å². The maximum atomic E-state index is 13.1. The summed E-state index contributed by atoms with van der Waals surface area (Å²) >= 11 is 3.26. The first-order valence-electron chi connectivity index (χ1n) is 7.53. The Bertz CT molecular complexity index is 911. The Labute approximate surface area is 159 Å². The lowest BCUT2D eigenvalue weighted by Crippen LogP contribution is -2.43. The van der Waals surface area contributed by atoms with Gasteiger partial charge in [0.05, 0.1) is 10.6 Å². The number of halogens is 1. The highest BCUT2D eigenvalue weighted by Crippen LogP contribution is 2.28. The Kier molecular flexibility index (Phi) is 6.04. The average molecular weight is 441 g/mol. The van der Waals surface area contributed by atoms with Gasteiger partial charge in [0.1, 0.15) is 6.04 Å². The summed E-state index contributed by atoms with van der Waals surface area (Å²) in [5.74, 6) is -1.55. The Morgan fingerprint density at radius 1 is 1.08 bits per heavy atom. The van der Waals surface area contributed by atoms with Gasteiger partial charge in [0.25, 0.3) is 10.0 Å². The van der Waals surface area contributed by atoms with Crippen molar-refractivity contribution in [2.24, 2.45) is 0 Å². The summed E-state index contributed by atoms with van der Waals surface area (Å²) in [4.78, 5) is 22.5. The number of nitrogens with zero attached hydrogens (tertiary/aromatic N) is 1. The number of rotatable bonds is 6. The molecule has 0 saturated heterocycles. The van der Waals surface area contributed by atoms with Crippen LogP contribution >= 0.6 is 15.9 Å². The van der Waals surface area contributed by atoms with E-state index in [0.29, 0.717) is 5.69 Å². The van der Waals surface area contributed by atoms with E-state index in [2.05, 4.69) is 21.2 Å². The van der Waals surface area contributed by atoms with Crippen LogP contribution in [-0.2, 0) is 19.6 Å². The monoisotopic (exact) mass is 440 g/mol. The molecule has 2 rings (SSSR count). The molecule has 0 aliphatic carbocycles. The van der Waals surface area contributed by atoms with Gasteiger partial charge in [-0.05, 0) is 55.5 Å². The summed E-state index contributed by atoms with van der Waals surface area (Å²) in [6.45, 7) is 2.64. The molecule has 0 spiro atoms. The molecule has 2 aromatic carbocycles. The van der Waals surface area contributed by atoms with E-state index in [9.17, 15) is 23.1 Å². The summed E-state index contributed by atoms with van der Waals surface area (Å²) in [5, 5.41) is 11.9. The average Bonchev–Trinajstić information content (AvgIpc) is 2.56. The lowest BCUT2D eigenvalue weighted by Gasteiger charge is -2.28. The van der Waals surface area contributed by atoms with Gasteiger partial charge in [-0.2, -0.15) is 0 Å². The van der Waals surface area contributed by atoms with Crippen LogP contribution < -0.4 is 9.62 Å². The lowest BCUT2D eigenvalue weighted by molar-refractivity contribution is -0.137. The minimum absolute atomic E-state index is 0.0809. The molecule has 1 unspecified atom stereocenters. The summed E-state index contributed by atoms with van der Waals surface area (Å²) in [6.07, 6.45) is 0. The maximum absolute atomic E-state index is 13.1. The Morgan fingerprint density at radius 2 is 1.62 bits per heavy atom. The van der Waals surface area contributed by atoms with Gasteiger partial charge in [-0.1, -0.05) is 15.9 Å². The molecule has 2 N–H and O–H groups in total. The summed E-state index contributed by atoms with van der Waals surface area (Å²) in [5.41, 5.74) is 0.673. The number of aliphatic carboxylic acids is 1. The third-order valence-corrected chi connectivity index (χ3v) is 5.96. The first kappa shape index (κ1) is 19.9. The fourth-order valence-electron chi connectivity index (χ4n) is 2.29. The van der Waals surface area contributed by atoms with E-state index < -0.39 is 22.0 Å². The van der Waals surface area contributed by atoms with Crippen LogP contribution in [0.25, 0.3) is 0 Å². The second-order valence-corrected chi connectivity index (χ2v) is 8.23. The molecule has 0 fully saturated rings. The van der Waals surface area contributed by atoms with Crippen LogP contribution in [0.5, 0.6) is 0 Å². The van der Waals surface area contributed by atoms with Crippen LogP contribution in [-0.4, -0.2) is 31.4 Å². The highest BCUT2D eigenvalue weighted by Gasteiger charge is 2.33. The van der Waals surface area contributed by atoms with Gasteiger partial charge in [0.2, 0.25) is 5.91 Å². The van der Waals surface area contributed by atoms with E-state index in [0.717, 1.165) is 8.78 Å². The predicted molar refractivity (Wildman–Crippen MR) is 102 cm³/mol. The topological polar surface area (TPSA) is 104 Å². The quantitative estimate of drug-likeness (QED) is 0.717. The molecule has 0 saturated carbocycles. The maximum Gasteiger partial charge on any atom is 0.327 e. The molecule has 7 nitrogen and oxygen atoms in total. The van der Waals surface area contributed by atoms with E-state index in [1.807, 2.05) is 0 Å². The summed E-state index contributed by atoms with van der Waals surface area (Å²) in [6, 6.07) is 10.5. The van der Waals surface area contributed by atoms with Crippen LogP contribution in [0.3, 0.4) is 0 Å². The number of benzene rings is 2. The first-order valence-corrected chi connectivity index (χ1v) is 9.76.